The molecule has 0 saturated heterocycles. The van der Waals surface area contributed by atoms with E-state index in [0.717, 1.165) is 20.7 Å². The van der Waals surface area contributed by atoms with Gasteiger partial charge in [-0.3, -0.25) is 10.1 Å². The lowest BCUT2D eigenvalue weighted by Crippen LogP contribution is -3.09. The Bertz CT molecular complexity index is 719. The number of nitrogens with one attached hydrogen (secondary N) is 3. The molecule has 0 spiro atoms. The Labute approximate surface area is 154 Å². The van der Waals surface area contributed by atoms with E-state index in [4.69, 9.17) is 9.15 Å². The van der Waals surface area contributed by atoms with Gasteiger partial charge in [0, 0.05) is 10.0 Å². The molecule has 3 amide bonds. The maximum atomic E-state index is 12.0. The molecule has 0 bridgehead atoms. The Morgan fingerprint density at radius 2 is 2.12 bits per heavy atom. The molecule has 3 N–H and O–H groups in total. The summed E-state index contributed by atoms with van der Waals surface area (Å²) < 4.78 is 11.4. The van der Waals surface area contributed by atoms with Gasteiger partial charge in [0.25, 0.3) is 5.91 Å². The van der Waals surface area contributed by atoms with Crippen LogP contribution < -0.4 is 20.3 Å². The minimum Gasteiger partial charge on any atom is -0.496 e. The Hall–Kier alpha value is -2.32. The molecule has 0 fully saturated rings. The van der Waals surface area contributed by atoms with Crippen LogP contribution in [0.1, 0.15) is 11.3 Å². The van der Waals surface area contributed by atoms with Gasteiger partial charge in [0.2, 0.25) is 0 Å². The van der Waals surface area contributed by atoms with E-state index < -0.39 is 6.03 Å². The van der Waals surface area contributed by atoms with Crippen LogP contribution in [0.15, 0.2) is 45.5 Å². The summed E-state index contributed by atoms with van der Waals surface area (Å²) in [5.41, 5.74) is 0.976. The number of halogens is 1. The molecule has 0 aliphatic rings. The predicted molar refractivity (Wildman–Crippen MR) is 95.2 cm³/mol. The molecule has 1 aromatic carbocycles. The molecule has 0 radical (unpaired) electrons. The van der Waals surface area contributed by atoms with E-state index in [1.54, 1.807) is 19.2 Å². The first-order valence-electron chi connectivity index (χ1n) is 7.71. The van der Waals surface area contributed by atoms with E-state index in [1.165, 1.54) is 6.26 Å². The first-order valence-corrected chi connectivity index (χ1v) is 8.51. The average molecular weight is 411 g/mol. The number of amides is 3. The van der Waals surface area contributed by atoms with Gasteiger partial charge in [-0.1, -0.05) is 15.9 Å². The minimum absolute atomic E-state index is 0.157. The zero-order chi connectivity index (χ0) is 18.2. The zero-order valence-corrected chi connectivity index (χ0v) is 15.7. The number of carbonyl (C=O) groups is 2. The van der Waals surface area contributed by atoms with Gasteiger partial charge in [-0.2, -0.15) is 0 Å². The van der Waals surface area contributed by atoms with E-state index in [-0.39, 0.29) is 19.0 Å². The van der Waals surface area contributed by atoms with Crippen molar-refractivity contribution in [2.45, 2.75) is 13.1 Å². The van der Waals surface area contributed by atoms with Crippen molar-refractivity contribution in [3.05, 3.63) is 52.4 Å². The van der Waals surface area contributed by atoms with Crippen LogP contribution in [0.25, 0.3) is 0 Å². The van der Waals surface area contributed by atoms with Crippen molar-refractivity contribution in [2.24, 2.45) is 0 Å². The highest BCUT2D eigenvalue weighted by molar-refractivity contribution is 9.10. The fraction of sp³-hybridized carbons (Fsp3) is 0.294. The summed E-state index contributed by atoms with van der Waals surface area (Å²) >= 11 is 3.43. The lowest BCUT2D eigenvalue weighted by molar-refractivity contribution is -0.885. The fourth-order valence-electron chi connectivity index (χ4n) is 2.34. The van der Waals surface area contributed by atoms with Gasteiger partial charge in [-0.25, -0.2) is 4.79 Å². The van der Waals surface area contributed by atoms with Crippen molar-refractivity contribution in [3.8, 4) is 5.75 Å². The quantitative estimate of drug-likeness (QED) is 0.637. The molecular formula is C17H21BrN3O4+. The highest BCUT2D eigenvalue weighted by Crippen LogP contribution is 2.21. The van der Waals surface area contributed by atoms with Crippen molar-refractivity contribution < 1.29 is 23.6 Å². The van der Waals surface area contributed by atoms with Gasteiger partial charge < -0.3 is 19.4 Å². The third-order valence-electron chi connectivity index (χ3n) is 3.45. The van der Waals surface area contributed by atoms with Crippen LogP contribution in [-0.4, -0.2) is 32.6 Å². The molecule has 8 heteroatoms. The van der Waals surface area contributed by atoms with Crippen LogP contribution in [0.4, 0.5) is 4.79 Å². The normalized spacial score (nSPS) is 11.6. The summed E-state index contributed by atoms with van der Waals surface area (Å²) in [5.74, 6) is 1.02. The molecule has 1 unspecified atom stereocenters. The number of imide groups is 1. The molecule has 0 aliphatic carbocycles. The number of hydrogen-bond acceptors (Lipinski definition) is 4. The number of ether oxygens (including phenoxy) is 1. The van der Waals surface area contributed by atoms with E-state index >= 15 is 0 Å². The fourth-order valence-corrected chi connectivity index (χ4v) is 2.75. The summed E-state index contributed by atoms with van der Waals surface area (Å²) in [7, 11) is 3.48. The van der Waals surface area contributed by atoms with Crippen molar-refractivity contribution in [1.82, 2.24) is 10.6 Å². The Kier molecular flexibility index (Phi) is 7.03. The molecule has 25 heavy (non-hydrogen) atoms. The number of hydrogen-bond donors (Lipinski definition) is 3. The molecule has 2 rings (SSSR count). The number of rotatable bonds is 7. The van der Waals surface area contributed by atoms with E-state index in [1.807, 2.05) is 25.2 Å². The molecule has 1 atom stereocenters. The topological polar surface area (TPSA) is 85.0 Å². The van der Waals surface area contributed by atoms with Gasteiger partial charge in [-0.15, -0.1) is 0 Å². The lowest BCUT2D eigenvalue weighted by atomic mass is 10.2. The van der Waals surface area contributed by atoms with Crippen molar-refractivity contribution in [2.75, 3.05) is 20.7 Å². The van der Waals surface area contributed by atoms with E-state index in [0.29, 0.717) is 12.3 Å². The summed E-state index contributed by atoms with van der Waals surface area (Å²) in [5, 5.41) is 4.87. The predicted octanol–water partition coefficient (Wildman–Crippen LogP) is 1.09. The monoisotopic (exact) mass is 410 g/mol. The molecular weight excluding hydrogens is 390 g/mol. The Balaban J connectivity index is 1.79. The maximum absolute atomic E-state index is 12.0. The van der Waals surface area contributed by atoms with Crippen molar-refractivity contribution >= 4 is 27.9 Å². The van der Waals surface area contributed by atoms with Gasteiger partial charge in [0.15, 0.2) is 6.54 Å². The summed E-state index contributed by atoms with van der Waals surface area (Å²) in [6.07, 6.45) is 1.52. The first kappa shape index (κ1) is 19.0. The van der Waals surface area contributed by atoms with Crippen LogP contribution in [0, 0.1) is 0 Å². The van der Waals surface area contributed by atoms with E-state index in [9.17, 15) is 9.59 Å². The number of benzene rings is 1. The number of urea groups is 1. The number of methoxy groups -OCH3 is 1. The van der Waals surface area contributed by atoms with Crippen molar-refractivity contribution in [3.63, 3.8) is 0 Å². The average Bonchev–Trinajstić information content (AvgIpc) is 3.06. The second-order valence-electron chi connectivity index (χ2n) is 5.58. The van der Waals surface area contributed by atoms with Gasteiger partial charge in [-0.05, 0) is 30.3 Å². The molecule has 1 heterocycles. The van der Waals surface area contributed by atoms with E-state index in [2.05, 4.69) is 26.6 Å². The van der Waals surface area contributed by atoms with Crippen LogP contribution >= 0.6 is 15.9 Å². The number of carbonyl (C=O) groups excluding carboxylic acids is 2. The summed E-state index contributed by atoms with van der Waals surface area (Å²) in [4.78, 5) is 24.6. The number of likely N-dealkylation sites (N-methyl/N-ethyl adjacent to an activating group) is 1. The second-order valence-corrected chi connectivity index (χ2v) is 6.49. The highest BCUT2D eigenvalue weighted by atomic mass is 79.9. The van der Waals surface area contributed by atoms with Gasteiger partial charge in [0.05, 0.1) is 27.0 Å². The third-order valence-corrected chi connectivity index (χ3v) is 3.95. The van der Waals surface area contributed by atoms with Gasteiger partial charge in [0.1, 0.15) is 18.1 Å². The Morgan fingerprint density at radius 3 is 2.80 bits per heavy atom. The minimum atomic E-state index is -0.547. The van der Waals surface area contributed by atoms with Crippen LogP contribution in [0.3, 0.4) is 0 Å². The van der Waals surface area contributed by atoms with Crippen LogP contribution in [0.2, 0.25) is 0 Å². The number of quaternary nitrogens is 1. The summed E-state index contributed by atoms with van der Waals surface area (Å²) in [6, 6.07) is 8.65. The second kappa shape index (κ2) is 9.24. The standard InChI is InChI=1S/C17H20BrN3O4/c1-21(10-12-8-13(18)5-6-15(12)24-2)11-16(22)20-17(23)19-9-14-4-3-7-25-14/h3-8H,9-11H2,1-2H3,(H2,19,20,22,23)/p+1. The SMILES string of the molecule is COc1ccc(Br)cc1C[NH+](C)CC(=O)NC(=O)NCc1ccco1. The molecule has 1 aromatic heterocycles. The van der Waals surface area contributed by atoms with Crippen molar-refractivity contribution in [1.29, 1.82) is 0 Å². The Morgan fingerprint density at radius 1 is 1.32 bits per heavy atom. The molecule has 0 saturated carbocycles. The lowest BCUT2D eigenvalue weighted by Gasteiger charge is -2.16. The van der Waals surface area contributed by atoms with Gasteiger partial charge >= 0.3 is 6.03 Å². The maximum Gasteiger partial charge on any atom is 0.321 e. The highest BCUT2D eigenvalue weighted by Gasteiger charge is 2.15. The van der Waals surface area contributed by atoms with Crippen LogP contribution in [0.5, 0.6) is 5.75 Å². The third kappa shape index (κ3) is 6.24. The molecule has 2 aromatic rings. The zero-order valence-electron chi connectivity index (χ0n) is 14.1. The molecule has 7 nitrogen and oxygen atoms in total. The largest absolute Gasteiger partial charge is 0.496 e. The van der Waals surface area contributed by atoms with Crippen LogP contribution in [-0.2, 0) is 17.9 Å². The smallest absolute Gasteiger partial charge is 0.321 e. The first-order chi connectivity index (χ1) is 12.0. The number of furan rings is 1. The summed E-state index contributed by atoms with van der Waals surface area (Å²) in [6.45, 7) is 0.970. The molecule has 0 aliphatic heterocycles. The molecule has 134 valence electrons.